The zero-order valence-electron chi connectivity index (χ0n) is 15.8. The molecular weight excluding hydrogens is 443 g/mol. The quantitative estimate of drug-likeness (QED) is 0.115. The second-order valence-corrected chi connectivity index (χ2v) is 8.00. The Morgan fingerprint density at radius 2 is 1.26 bits per heavy atom. The van der Waals surface area contributed by atoms with Gasteiger partial charge in [0.25, 0.3) is 0 Å². The van der Waals surface area contributed by atoms with Crippen LogP contribution in [0, 0.1) is 0 Å². The third-order valence-corrected chi connectivity index (χ3v) is 5.09. The number of nitrogens with zero attached hydrogens (tertiary/aromatic N) is 2. The van der Waals surface area contributed by atoms with E-state index in [1.807, 2.05) is 61.0 Å². The van der Waals surface area contributed by atoms with Gasteiger partial charge in [0.2, 0.25) is 3.67 Å². The molecular formula is C24H27IN2. The van der Waals surface area contributed by atoms with E-state index < -0.39 is 3.67 Å². The van der Waals surface area contributed by atoms with Gasteiger partial charge in [0.15, 0.2) is 0 Å². The lowest BCUT2D eigenvalue weighted by atomic mass is 10.2. The van der Waals surface area contributed by atoms with Gasteiger partial charge in [0.05, 0.1) is 0 Å². The van der Waals surface area contributed by atoms with E-state index in [0.717, 1.165) is 12.8 Å². The number of halogens is 1. The molecule has 0 saturated heterocycles. The van der Waals surface area contributed by atoms with Gasteiger partial charge < -0.3 is 0 Å². The van der Waals surface area contributed by atoms with Crippen LogP contribution >= 0.6 is 22.6 Å². The Kier molecular flexibility index (Phi) is 9.77. The Hall–Kier alpha value is -2.01. The van der Waals surface area contributed by atoms with Crippen molar-refractivity contribution in [3.8, 4) is 0 Å². The Bertz CT molecular complexity index is 702. The van der Waals surface area contributed by atoms with Crippen molar-refractivity contribution in [3.63, 3.8) is 0 Å². The fourth-order valence-corrected chi connectivity index (χ4v) is 3.22. The van der Waals surface area contributed by atoms with Crippen molar-refractivity contribution in [2.45, 2.75) is 36.3 Å². The molecule has 0 spiro atoms. The number of alkyl halides is 1. The Balaban J connectivity index is 2.01. The third kappa shape index (κ3) is 8.96. The van der Waals surface area contributed by atoms with Crippen LogP contribution in [0.3, 0.4) is 0 Å². The van der Waals surface area contributed by atoms with Crippen molar-refractivity contribution in [3.05, 3.63) is 83.9 Å². The topological polar surface area (TPSA) is 24.7 Å². The van der Waals surface area contributed by atoms with Gasteiger partial charge in [-0.3, -0.25) is 9.98 Å². The van der Waals surface area contributed by atoms with Crippen LogP contribution in [0.2, 0.25) is 0 Å². The first-order valence-electron chi connectivity index (χ1n) is 9.45. The largest absolute Gasteiger partial charge is 0.253 e. The van der Waals surface area contributed by atoms with Crippen molar-refractivity contribution >= 4 is 47.2 Å². The fraction of sp³-hybridized carbons (Fsp3) is 0.250. The number of rotatable bonds is 10. The predicted molar refractivity (Wildman–Crippen MR) is 129 cm³/mol. The number of unbranched alkanes of at least 4 members (excludes halogenated alkanes) is 2. The van der Waals surface area contributed by atoms with E-state index >= 15 is 0 Å². The van der Waals surface area contributed by atoms with Crippen molar-refractivity contribution in [2.24, 2.45) is 9.98 Å². The number of hydrogen-bond donors (Lipinski definition) is 0. The van der Waals surface area contributed by atoms with E-state index in [1.54, 1.807) is 0 Å². The Morgan fingerprint density at radius 1 is 0.778 bits per heavy atom. The molecule has 0 radical (unpaired) electrons. The summed E-state index contributed by atoms with van der Waals surface area (Å²) >= 11 is 2.36. The van der Waals surface area contributed by atoms with E-state index in [1.165, 1.54) is 24.0 Å². The summed E-state index contributed by atoms with van der Waals surface area (Å²) in [6.07, 6.45) is 16.3. The minimum absolute atomic E-state index is 0.449. The molecule has 140 valence electrons. The highest BCUT2D eigenvalue weighted by atomic mass is 127. The molecule has 2 aromatic carbocycles. The average Bonchev–Trinajstić information content (AvgIpc) is 2.71. The average molecular weight is 470 g/mol. The summed E-state index contributed by atoms with van der Waals surface area (Å²) in [5, 5.41) is 0. The standard InChI is InChI=1S/C24H27IN2/c1-2-3-10-19-24(25,26-20-11-17-22-13-6-4-7-14-22)27-21-12-18-23-15-8-5-9-16-23/h4-9,11-18,20-21H,2-3,10,19H2,1H3. The molecule has 0 aliphatic carbocycles. The van der Waals surface area contributed by atoms with Gasteiger partial charge in [-0.05, 0) is 52.3 Å². The number of hydrogen-bond acceptors (Lipinski definition) is 2. The summed E-state index contributed by atoms with van der Waals surface area (Å²) in [4.78, 5) is 9.46. The maximum absolute atomic E-state index is 4.73. The predicted octanol–water partition coefficient (Wildman–Crippen LogP) is 7.22. The normalized spacial score (nSPS) is 14.6. The smallest absolute Gasteiger partial charge is 0.200 e. The Labute approximate surface area is 177 Å². The molecule has 0 bridgehead atoms. The summed E-state index contributed by atoms with van der Waals surface area (Å²) < 4.78 is -0.449. The zero-order valence-corrected chi connectivity index (χ0v) is 18.0. The lowest BCUT2D eigenvalue weighted by molar-refractivity contribution is 0.564. The maximum Gasteiger partial charge on any atom is 0.200 e. The molecule has 3 heteroatoms. The molecule has 0 N–H and O–H groups in total. The van der Waals surface area contributed by atoms with E-state index in [4.69, 9.17) is 9.98 Å². The van der Waals surface area contributed by atoms with Crippen molar-refractivity contribution in [2.75, 3.05) is 0 Å². The van der Waals surface area contributed by atoms with Crippen LogP contribution in [0.4, 0.5) is 0 Å². The van der Waals surface area contributed by atoms with Gasteiger partial charge in [0.1, 0.15) is 0 Å². The van der Waals surface area contributed by atoms with Crippen LogP contribution in [-0.4, -0.2) is 16.1 Å². The molecule has 0 aromatic heterocycles. The van der Waals surface area contributed by atoms with E-state index in [0.29, 0.717) is 0 Å². The number of benzene rings is 2. The highest BCUT2D eigenvalue weighted by molar-refractivity contribution is 14.1. The lowest BCUT2D eigenvalue weighted by Crippen LogP contribution is -2.14. The highest BCUT2D eigenvalue weighted by Crippen LogP contribution is 2.29. The molecule has 0 fully saturated rings. The summed E-state index contributed by atoms with van der Waals surface area (Å²) in [6.45, 7) is 2.21. The van der Waals surface area contributed by atoms with E-state index in [-0.39, 0.29) is 0 Å². The van der Waals surface area contributed by atoms with Crippen LogP contribution < -0.4 is 0 Å². The van der Waals surface area contributed by atoms with Crippen LogP contribution in [0.25, 0.3) is 12.2 Å². The summed E-state index contributed by atoms with van der Waals surface area (Å²) in [5.41, 5.74) is 2.34. The van der Waals surface area contributed by atoms with Crippen LogP contribution in [0.5, 0.6) is 0 Å². The second-order valence-electron chi connectivity index (χ2n) is 6.27. The first-order valence-corrected chi connectivity index (χ1v) is 10.5. The van der Waals surface area contributed by atoms with Gasteiger partial charge in [-0.15, -0.1) is 0 Å². The Morgan fingerprint density at radius 3 is 1.70 bits per heavy atom. The van der Waals surface area contributed by atoms with E-state index in [2.05, 4.69) is 65.9 Å². The first kappa shape index (κ1) is 21.3. The summed E-state index contributed by atoms with van der Waals surface area (Å²) in [7, 11) is 0. The molecule has 0 amide bonds. The van der Waals surface area contributed by atoms with Crippen molar-refractivity contribution < 1.29 is 0 Å². The molecule has 2 rings (SSSR count). The molecule has 2 nitrogen and oxygen atoms in total. The van der Waals surface area contributed by atoms with Gasteiger partial charge in [-0.2, -0.15) is 0 Å². The molecule has 0 unspecified atom stereocenters. The fourth-order valence-electron chi connectivity index (χ4n) is 2.51. The van der Waals surface area contributed by atoms with Gasteiger partial charge in [0, 0.05) is 18.9 Å². The second kappa shape index (κ2) is 12.4. The molecule has 0 saturated carbocycles. The third-order valence-electron chi connectivity index (χ3n) is 3.99. The highest BCUT2D eigenvalue weighted by Gasteiger charge is 2.21. The monoisotopic (exact) mass is 470 g/mol. The van der Waals surface area contributed by atoms with Crippen LogP contribution in [-0.2, 0) is 0 Å². The van der Waals surface area contributed by atoms with Crippen LogP contribution in [0.1, 0.15) is 43.7 Å². The SMILES string of the molecule is CCCCCC(I)(N=CC=Cc1ccccc1)N=CC=Cc1ccccc1. The van der Waals surface area contributed by atoms with Gasteiger partial charge in [-0.25, -0.2) is 0 Å². The molecule has 2 aromatic rings. The van der Waals surface area contributed by atoms with Gasteiger partial charge in [-0.1, -0.05) is 92.6 Å². The number of allylic oxidation sites excluding steroid dienone is 2. The van der Waals surface area contributed by atoms with Gasteiger partial charge >= 0.3 is 0 Å². The summed E-state index contributed by atoms with van der Waals surface area (Å²) in [5.74, 6) is 0. The minimum Gasteiger partial charge on any atom is -0.253 e. The number of aliphatic imine (C=N–C) groups is 2. The molecule has 0 aliphatic heterocycles. The maximum atomic E-state index is 4.73. The lowest BCUT2D eigenvalue weighted by Gasteiger charge is -2.17. The van der Waals surface area contributed by atoms with E-state index in [9.17, 15) is 0 Å². The minimum atomic E-state index is -0.449. The van der Waals surface area contributed by atoms with Crippen molar-refractivity contribution in [1.82, 2.24) is 0 Å². The zero-order chi connectivity index (χ0) is 19.2. The molecule has 0 aliphatic rings. The van der Waals surface area contributed by atoms with Crippen molar-refractivity contribution in [1.29, 1.82) is 0 Å². The molecule has 27 heavy (non-hydrogen) atoms. The summed E-state index contributed by atoms with van der Waals surface area (Å²) in [6, 6.07) is 20.5. The molecule has 0 heterocycles. The van der Waals surface area contributed by atoms with Crippen LogP contribution in [0.15, 0.2) is 82.8 Å². The first-order chi connectivity index (χ1) is 13.2. The molecule has 0 atom stereocenters.